The summed E-state index contributed by atoms with van der Waals surface area (Å²) in [6.07, 6.45) is 0.858. The molecule has 0 aliphatic rings. The van der Waals surface area contributed by atoms with Crippen LogP contribution in [0.1, 0.15) is 36.7 Å². The van der Waals surface area contributed by atoms with Gasteiger partial charge in [-0.05, 0) is 17.0 Å². The second kappa shape index (κ2) is 3.62. The van der Waals surface area contributed by atoms with Crippen molar-refractivity contribution < 1.29 is 4.79 Å². The first kappa shape index (κ1) is 10.5. The molecule has 0 atom stereocenters. The normalized spacial score (nSPS) is 11.4. The third-order valence-corrected chi connectivity index (χ3v) is 2.59. The van der Waals surface area contributed by atoms with Crippen LogP contribution in [-0.4, -0.2) is 6.29 Å². The van der Waals surface area contributed by atoms with E-state index in [1.807, 2.05) is 18.2 Å². The maximum Gasteiger partial charge on any atom is 0.150 e. The summed E-state index contributed by atoms with van der Waals surface area (Å²) >= 11 is 3.46. The SMILES string of the molecule is CC(C)(C)c1ccc(C=O)cc1Br. The van der Waals surface area contributed by atoms with Gasteiger partial charge in [0.05, 0.1) is 0 Å². The summed E-state index contributed by atoms with van der Waals surface area (Å²) in [7, 11) is 0. The van der Waals surface area contributed by atoms with Gasteiger partial charge in [0.25, 0.3) is 0 Å². The van der Waals surface area contributed by atoms with E-state index in [1.54, 1.807) is 0 Å². The Labute approximate surface area is 87.3 Å². The molecule has 0 aliphatic heterocycles. The third kappa shape index (κ3) is 2.41. The van der Waals surface area contributed by atoms with Gasteiger partial charge < -0.3 is 0 Å². The van der Waals surface area contributed by atoms with Gasteiger partial charge in [0.2, 0.25) is 0 Å². The predicted octanol–water partition coefficient (Wildman–Crippen LogP) is 3.56. The zero-order valence-electron chi connectivity index (χ0n) is 8.10. The van der Waals surface area contributed by atoms with Crippen molar-refractivity contribution in [3.05, 3.63) is 33.8 Å². The van der Waals surface area contributed by atoms with Crippen LogP contribution in [-0.2, 0) is 5.41 Å². The first-order valence-electron chi connectivity index (χ1n) is 4.20. The molecule has 2 heteroatoms. The first-order chi connectivity index (χ1) is 5.95. The second-order valence-electron chi connectivity index (χ2n) is 4.11. The molecule has 0 unspecified atom stereocenters. The molecule has 0 bridgehead atoms. The van der Waals surface area contributed by atoms with Gasteiger partial charge in [-0.3, -0.25) is 4.79 Å². The van der Waals surface area contributed by atoms with Gasteiger partial charge in [-0.2, -0.15) is 0 Å². The van der Waals surface area contributed by atoms with Crippen molar-refractivity contribution in [3.8, 4) is 0 Å². The summed E-state index contributed by atoms with van der Waals surface area (Å²) < 4.78 is 1.00. The summed E-state index contributed by atoms with van der Waals surface area (Å²) in [6.45, 7) is 6.44. The lowest BCUT2D eigenvalue weighted by atomic mass is 9.87. The van der Waals surface area contributed by atoms with E-state index in [-0.39, 0.29) is 5.41 Å². The van der Waals surface area contributed by atoms with Gasteiger partial charge in [-0.15, -0.1) is 0 Å². The molecule has 0 fully saturated rings. The van der Waals surface area contributed by atoms with Gasteiger partial charge in [-0.1, -0.05) is 48.8 Å². The average molecular weight is 241 g/mol. The highest BCUT2D eigenvalue weighted by Gasteiger charge is 2.16. The molecule has 0 saturated carbocycles. The monoisotopic (exact) mass is 240 g/mol. The summed E-state index contributed by atoms with van der Waals surface area (Å²) in [5.74, 6) is 0. The summed E-state index contributed by atoms with van der Waals surface area (Å²) in [5.41, 5.74) is 2.04. The molecule has 1 aromatic rings. The Bertz CT molecular complexity index is 323. The van der Waals surface area contributed by atoms with E-state index in [0.717, 1.165) is 10.8 Å². The highest BCUT2D eigenvalue weighted by Crippen LogP contribution is 2.29. The summed E-state index contributed by atoms with van der Waals surface area (Å²) in [5, 5.41) is 0. The third-order valence-electron chi connectivity index (χ3n) is 1.94. The number of rotatable bonds is 1. The van der Waals surface area contributed by atoms with Crippen LogP contribution in [0.25, 0.3) is 0 Å². The Morgan fingerprint density at radius 1 is 1.31 bits per heavy atom. The minimum absolute atomic E-state index is 0.111. The van der Waals surface area contributed by atoms with Gasteiger partial charge in [-0.25, -0.2) is 0 Å². The summed E-state index contributed by atoms with van der Waals surface area (Å²) in [4.78, 5) is 10.5. The van der Waals surface area contributed by atoms with Crippen molar-refractivity contribution in [3.63, 3.8) is 0 Å². The van der Waals surface area contributed by atoms with E-state index >= 15 is 0 Å². The number of hydrogen-bond donors (Lipinski definition) is 0. The Kier molecular flexibility index (Phi) is 2.91. The maximum atomic E-state index is 10.5. The molecule has 0 spiro atoms. The van der Waals surface area contributed by atoms with Crippen LogP contribution in [0.3, 0.4) is 0 Å². The van der Waals surface area contributed by atoms with Crippen molar-refractivity contribution in [1.29, 1.82) is 0 Å². The van der Waals surface area contributed by atoms with Gasteiger partial charge in [0, 0.05) is 10.0 Å². The zero-order chi connectivity index (χ0) is 10.1. The fraction of sp³-hybridized carbons (Fsp3) is 0.364. The Balaban J connectivity index is 3.20. The molecule has 0 amide bonds. The maximum absolute atomic E-state index is 10.5. The minimum Gasteiger partial charge on any atom is -0.298 e. The van der Waals surface area contributed by atoms with Crippen LogP contribution >= 0.6 is 15.9 Å². The molecule has 0 N–H and O–H groups in total. The van der Waals surface area contributed by atoms with Crippen LogP contribution < -0.4 is 0 Å². The number of carbonyl (C=O) groups excluding carboxylic acids is 1. The quantitative estimate of drug-likeness (QED) is 0.687. The minimum atomic E-state index is 0.111. The number of carbonyl (C=O) groups is 1. The van der Waals surface area contributed by atoms with Crippen LogP contribution in [0.15, 0.2) is 22.7 Å². The Morgan fingerprint density at radius 3 is 2.31 bits per heavy atom. The molecule has 1 aromatic carbocycles. The topological polar surface area (TPSA) is 17.1 Å². The highest BCUT2D eigenvalue weighted by atomic mass is 79.9. The molecular weight excluding hydrogens is 228 g/mol. The largest absolute Gasteiger partial charge is 0.298 e. The highest BCUT2D eigenvalue weighted by molar-refractivity contribution is 9.10. The molecule has 1 rings (SSSR count). The predicted molar refractivity (Wildman–Crippen MR) is 58.2 cm³/mol. The van der Waals surface area contributed by atoms with E-state index in [2.05, 4.69) is 36.7 Å². The van der Waals surface area contributed by atoms with Crippen molar-refractivity contribution in [1.82, 2.24) is 0 Å². The lowest BCUT2D eigenvalue weighted by Gasteiger charge is -2.20. The van der Waals surface area contributed by atoms with Crippen LogP contribution in [0.5, 0.6) is 0 Å². The van der Waals surface area contributed by atoms with Crippen molar-refractivity contribution in [2.45, 2.75) is 26.2 Å². The van der Waals surface area contributed by atoms with Crippen molar-refractivity contribution >= 4 is 22.2 Å². The number of halogens is 1. The van der Waals surface area contributed by atoms with E-state index in [4.69, 9.17) is 0 Å². The molecule has 1 nitrogen and oxygen atoms in total. The van der Waals surface area contributed by atoms with Crippen molar-refractivity contribution in [2.75, 3.05) is 0 Å². The number of hydrogen-bond acceptors (Lipinski definition) is 1. The Morgan fingerprint density at radius 2 is 1.92 bits per heavy atom. The summed E-state index contributed by atoms with van der Waals surface area (Å²) in [6, 6.07) is 5.69. The number of aldehydes is 1. The molecular formula is C11H13BrO. The van der Waals surface area contributed by atoms with Crippen LogP contribution in [0.4, 0.5) is 0 Å². The second-order valence-corrected chi connectivity index (χ2v) is 4.96. The van der Waals surface area contributed by atoms with Gasteiger partial charge in [0.15, 0.2) is 0 Å². The number of benzene rings is 1. The molecule has 0 radical (unpaired) electrons. The zero-order valence-corrected chi connectivity index (χ0v) is 9.68. The van der Waals surface area contributed by atoms with E-state index < -0.39 is 0 Å². The Hall–Kier alpha value is -0.630. The molecule has 13 heavy (non-hydrogen) atoms. The van der Waals surface area contributed by atoms with Gasteiger partial charge in [0.1, 0.15) is 6.29 Å². The smallest absolute Gasteiger partial charge is 0.150 e. The molecule has 0 saturated heterocycles. The van der Waals surface area contributed by atoms with Gasteiger partial charge >= 0.3 is 0 Å². The standard InChI is InChI=1S/C11H13BrO/c1-11(2,3)9-5-4-8(7-13)6-10(9)12/h4-7H,1-3H3. The molecule has 0 aliphatic carbocycles. The lowest BCUT2D eigenvalue weighted by molar-refractivity contribution is 0.112. The van der Waals surface area contributed by atoms with Crippen LogP contribution in [0, 0.1) is 0 Å². The van der Waals surface area contributed by atoms with E-state index in [0.29, 0.717) is 5.56 Å². The lowest BCUT2D eigenvalue weighted by Crippen LogP contribution is -2.11. The molecule has 0 heterocycles. The molecule has 0 aromatic heterocycles. The first-order valence-corrected chi connectivity index (χ1v) is 4.99. The van der Waals surface area contributed by atoms with Crippen LogP contribution in [0.2, 0.25) is 0 Å². The van der Waals surface area contributed by atoms with E-state index in [9.17, 15) is 4.79 Å². The van der Waals surface area contributed by atoms with Crippen molar-refractivity contribution in [2.24, 2.45) is 0 Å². The molecule has 70 valence electrons. The fourth-order valence-corrected chi connectivity index (χ4v) is 2.20. The van der Waals surface area contributed by atoms with E-state index in [1.165, 1.54) is 5.56 Å². The average Bonchev–Trinajstić information content (AvgIpc) is 2.01. The fourth-order valence-electron chi connectivity index (χ4n) is 1.21.